The number of hydrogen-bond acceptors (Lipinski definition) is 6. The molecular formula is C24H31N5O4. The predicted molar refractivity (Wildman–Crippen MR) is 122 cm³/mol. The van der Waals surface area contributed by atoms with E-state index in [-0.39, 0.29) is 23.7 Å². The molecule has 1 aromatic carbocycles. The van der Waals surface area contributed by atoms with Crippen molar-refractivity contribution in [1.82, 2.24) is 20.5 Å². The van der Waals surface area contributed by atoms with E-state index in [4.69, 9.17) is 4.74 Å². The van der Waals surface area contributed by atoms with Crippen LogP contribution in [0.15, 0.2) is 24.3 Å². The number of amides is 2. The van der Waals surface area contributed by atoms with E-state index in [0.29, 0.717) is 43.8 Å². The number of rotatable bonds is 8. The molecule has 176 valence electrons. The minimum Gasteiger partial charge on any atom is -0.496 e. The maximum Gasteiger partial charge on any atom is 0.238 e. The van der Waals surface area contributed by atoms with Gasteiger partial charge in [0.15, 0.2) is 0 Å². The Hall–Kier alpha value is -3.09. The minimum absolute atomic E-state index is 0.0669. The summed E-state index contributed by atoms with van der Waals surface area (Å²) in [7, 11) is 1.60. The number of nitrogens with zero attached hydrogens (tertiary/aromatic N) is 2. The fourth-order valence-electron chi connectivity index (χ4n) is 4.99. The van der Waals surface area contributed by atoms with Crippen molar-refractivity contribution in [2.45, 2.75) is 50.9 Å². The van der Waals surface area contributed by atoms with Crippen molar-refractivity contribution in [2.24, 2.45) is 11.8 Å². The highest BCUT2D eigenvalue weighted by molar-refractivity contribution is 5.87. The summed E-state index contributed by atoms with van der Waals surface area (Å²) in [6.45, 7) is 3.25. The number of benzene rings is 1. The van der Waals surface area contributed by atoms with Gasteiger partial charge in [0.25, 0.3) is 0 Å². The number of nitrogens with one attached hydrogen (secondary N) is 3. The number of likely N-dealkylation sites (tertiary alicyclic amines) is 1. The number of ether oxygens (including phenoxy) is 1. The maximum atomic E-state index is 13.2. The molecular weight excluding hydrogens is 422 g/mol. The number of aromatic nitrogens is 1. The summed E-state index contributed by atoms with van der Waals surface area (Å²) in [5.41, 5.74) is 1.43. The number of nitriles is 1. The van der Waals surface area contributed by atoms with Gasteiger partial charge in [-0.1, -0.05) is 19.4 Å². The third-order valence-corrected chi connectivity index (χ3v) is 6.92. The van der Waals surface area contributed by atoms with E-state index < -0.39 is 18.3 Å². The highest BCUT2D eigenvalue weighted by Crippen LogP contribution is 2.35. The first-order valence-electron chi connectivity index (χ1n) is 11.5. The Kier molecular flexibility index (Phi) is 6.86. The number of carbonyl (C=O) groups is 2. The van der Waals surface area contributed by atoms with Gasteiger partial charge < -0.3 is 25.5 Å². The Labute approximate surface area is 193 Å². The lowest BCUT2D eigenvalue weighted by Crippen LogP contribution is -2.48. The molecule has 5 atom stereocenters. The van der Waals surface area contributed by atoms with Gasteiger partial charge in [-0.3, -0.25) is 14.5 Å². The van der Waals surface area contributed by atoms with Crippen LogP contribution in [-0.2, 0) is 9.59 Å². The molecule has 9 nitrogen and oxygen atoms in total. The summed E-state index contributed by atoms with van der Waals surface area (Å²) in [6.07, 6.45) is 1.45. The number of H-pyrrole nitrogens is 1. The highest BCUT2D eigenvalue weighted by Gasteiger charge is 2.41. The Bertz CT molecular complexity index is 1060. The second-order valence-corrected chi connectivity index (χ2v) is 8.95. The number of carbonyl (C=O) groups excluding carboxylic acids is 2. The molecule has 2 saturated heterocycles. The summed E-state index contributed by atoms with van der Waals surface area (Å²) in [4.78, 5) is 30.1. The van der Waals surface area contributed by atoms with E-state index in [2.05, 4.69) is 28.6 Å². The van der Waals surface area contributed by atoms with Gasteiger partial charge in [-0.15, -0.1) is 0 Å². The van der Waals surface area contributed by atoms with Gasteiger partial charge in [-0.05, 0) is 43.4 Å². The summed E-state index contributed by atoms with van der Waals surface area (Å²) in [5, 5.41) is 27.2. The summed E-state index contributed by atoms with van der Waals surface area (Å²) in [5.74, 6) is 0.351. The molecule has 2 fully saturated rings. The molecule has 9 heteroatoms. The molecule has 1 aromatic heterocycles. The molecule has 0 saturated carbocycles. The highest BCUT2D eigenvalue weighted by atomic mass is 16.5. The van der Waals surface area contributed by atoms with Crippen molar-refractivity contribution >= 4 is 22.7 Å². The smallest absolute Gasteiger partial charge is 0.238 e. The zero-order chi connectivity index (χ0) is 23.5. The van der Waals surface area contributed by atoms with Crippen molar-refractivity contribution in [3.8, 4) is 11.8 Å². The number of hydrogen-bond donors (Lipinski definition) is 4. The average molecular weight is 454 g/mol. The molecule has 3 heterocycles. The normalized spacial score (nSPS) is 24.9. The fourth-order valence-corrected chi connectivity index (χ4v) is 4.99. The molecule has 33 heavy (non-hydrogen) atoms. The monoisotopic (exact) mass is 453 g/mol. The van der Waals surface area contributed by atoms with Crippen LogP contribution in [0.4, 0.5) is 0 Å². The molecule has 2 aromatic rings. The van der Waals surface area contributed by atoms with E-state index in [1.807, 2.05) is 24.3 Å². The lowest BCUT2D eigenvalue weighted by atomic mass is 9.98. The van der Waals surface area contributed by atoms with Crippen molar-refractivity contribution in [3.63, 3.8) is 0 Å². The fraction of sp³-hybridized carbons (Fsp3) is 0.542. The first-order valence-corrected chi connectivity index (χ1v) is 11.5. The Morgan fingerprint density at radius 2 is 2.27 bits per heavy atom. The molecule has 2 amide bonds. The van der Waals surface area contributed by atoms with Crippen LogP contribution in [0.2, 0.25) is 0 Å². The van der Waals surface area contributed by atoms with Crippen molar-refractivity contribution in [3.05, 3.63) is 30.0 Å². The predicted octanol–water partition coefficient (Wildman–Crippen LogP) is 1.80. The van der Waals surface area contributed by atoms with Crippen molar-refractivity contribution < 1.29 is 19.4 Å². The minimum atomic E-state index is -1.00. The van der Waals surface area contributed by atoms with E-state index in [0.717, 1.165) is 17.3 Å². The lowest BCUT2D eigenvalue weighted by Gasteiger charge is -2.29. The average Bonchev–Trinajstić information content (AvgIpc) is 3.55. The molecule has 5 unspecified atom stereocenters. The number of methoxy groups -OCH3 is 1. The molecule has 2 aliphatic heterocycles. The van der Waals surface area contributed by atoms with Gasteiger partial charge in [-0.2, -0.15) is 5.26 Å². The van der Waals surface area contributed by atoms with Gasteiger partial charge >= 0.3 is 0 Å². The Morgan fingerprint density at radius 1 is 1.45 bits per heavy atom. The van der Waals surface area contributed by atoms with Crippen LogP contribution in [0.5, 0.6) is 5.75 Å². The molecule has 2 aliphatic rings. The van der Waals surface area contributed by atoms with Crippen LogP contribution < -0.4 is 15.4 Å². The van der Waals surface area contributed by atoms with Gasteiger partial charge in [0, 0.05) is 29.9 Å². The van der Waals surface area contributed by atoms with E-state index in [1.54, 1.807) is 12.0 Å². The zero-order valence-corrected chi connectivity index (χ0v) is 19.0. The molecule has 0 bridgehead atoms. The standard InChI is InChI=1S/C24H31N5O4/c1-3-14-9-20(23(31)27-16(12-25)10-15-7-8-26-22(15)30)29(13-14)24(32)19-11-17-18(28-19)5-4-6-21(17)33-2/h4-6,11,14-16,20,24,28,32H,3,7-10,13H2,1-2H3,(H,26,30)(H,27,31). The van der Waals surface area contributed by atoms with Gasteiger partial charge in [-0.25, -0.2) is 0 Å². The molecule has 0 radical (unpaired) electrons. The second-order valence-electron chi connectivity index (χ2n) is 8.95. The van der Waals surface area contributed by atoms with Gasteiger partial charge in [0.2, 0.25) is 11.8 Å². The van der Waals surface area contributed by atoms with E-state index in [9.17, 15) is 20.0 Å². The van der Waals surface area contributed by atoms with Crippen LogP contribution in [0.3, 0.4) is 0 Å². The SMILES string of the molecule is CCC1CC(C(=O)NC(C#N)CC2CCNC2=O)N(C(O)c2cc3c(OC)cccc3[nH]2)C1. The summed E-state index contributed by atoms with van der Waals surface area (Å²) >= 11 is 0. The number of aliphatic hydroxyl groups excluding tert-OH is 1. The number of aromatic amines is 1. The number of fused-ring (bicyclic) bond motifs is 1. The molecule has 4 N–H and O–H groups in total. The summed E-state index contributed by atoms with van der Waals surface area (Å²) in [6, 6.07) is 8.31. The lowest BCUT2D eigenvalue weighted by molar-refractivity contribution is -0.130. The van der Waals surface area contributed by atoms with Crippen LogP contribution in [-0.4, -0.2) is 59.1 Å². The first-order chi connectivity index (χ1) is 15.9. The first kappa shape index (κ1) is 23.1. The third kappa shape index (κ3) is 4.68. The third-order valence-electron chi connectivity index (χ3n) is 6.92. The number of aliphatic hydroxyl groups is 1. The Balaban J connectivity index is 1.51. The van der Waals surface area contributed by atoms with Crippen LogP contribution in [0, 0.1) is 23.2 Å². The van der Waals surface area contributed by atoms with Crippen LogP contribution in [0.25, 0.3) is 10.9 Å². The Morgan fingerprint density at radius 3 is 2.94 bits per heavy atom. The summed E-state index contributed by atoms with van der Waals surface area (Å²) < 4.78 is 5.42. The van der Waals surface area contributed by atoms with E-state index >= 15 is 0 Å². The van der Waals surface area contributed by atoms with Gasteiger partial charge in [0.05, 0.1) is 24.9 Å². The molecule has 4 rings (SSSR count). The van der Waals surface area contributed by atoms with Crippen molar-refractivity contribution in [2.75, 3.05) is 20.2 Å². The quantitative estimate of drug-likeness (QED) is 0.482. The van der Waals surface area contributed by atoms with Crippen molar-refractivity contribution in [1.29, 1.82) is 5.26 Å². The maximum absolute atomic E-state index is 13.2. The zero-order valence-electron chi connectivity index (χ0n) is 19.0. The van der Waals surface area contributed by atoms with Crippen LogP contribution >= 0.6 is 0 Å². The van der Waals surface area contributed by atoms with Gasteiger partial charge in [0.1, 0.15) is 18.0 Å². The molecule has 0 spiro atoms. The topological polar surface area (TPSA) is 130 Å². The largest absolute Gasteiger partial charge is 0.496 e. The molecule has 0 aliphatic carbocycles. The van der Waals surface area contributed by atoms with E-state index in [1.165, 1.54) is 0 Å². The van der Waals surface area contributed by atoms with Crippen LogP contribution in [0.1, 0.15) is 44.5 Å². The second kappa shape index (κ2) is 9.81.